The first kappa shape index (κ1) is 16.4. The molecule has 0 saturated carbocycles. The van der Waals surface area contributed by atoms with Gasteiger partial charge in [0.1, 0.15) is 0 Å². The first-order valence-electron chi connectivity index (χ1n) is 6.25. The minimum absolute atomic E-state index is 0.400. The van der Waals surface area contributed by atoms with Gasteiger partial charge in [-0.15, -0.1) is 0 Å². The van der Waals surface area contributed by atoms with Crippen LogP contribution in [0, 0.1) is 12.3 Å². The molecule has 0 amide bonds. The second kappa shape index (κ2) is 4.56. The maximum atomic E-state index is 5.71. The van der Waals surface area contributed by atoms with E-state index in [0.717, 1.165) is 4.44 Å². The van der Waals surface area contributed by atoms with E-state index in [2.05, 4.69) is 68.2 Å². The summed E-state index contributed by atoms with van der Waals surface area (Å²) in [5, 5.41) is 0. The summed E-state index contributed by atoms with van der Waals surface area (Å²) in [5.74, 6) is 3.02. The van der Waals surface area contributed by atoms with Gasteiger partial charge in [-0.05, 0) is 0 Å². The first-order chi connectivity index (χ1) is 6.81. The molecule has 0 aliphatic rings. The Morgan fingerprint density at radius 3 is 1.06 bits per heavy atom. The molecule has 0 spiro atoms. The van der Waals surface area contributed by atoms with Crippen LogP contribution in [0.3, 0.4) is 0 Å². The molecule has 0 nitrogen and oxygen atoms in total. The predicted molar refractivity (Wildman–Crippen MR) is 78.5 cm³/mol. The van der Waals surface area contributed by atoms with Crippen LogP contribution in [-0.4, -0.2) is 18.4 Å². The molecule has 16 heavy (non-hydrogen) atoms. The summed E-state index contributed by atoms with van der Waals surface area (Å²) in [4.78, 5) is 0. The van der Waals surface area contributed by atoms with Gasteiger partial charge in [-0.3, -0.25) is 0 Å². The number of rotatable bonds is 1. The standard InChI is InChI=1S/3C4H9.C3H3.Sn/c3*1-4(2)3;1-3-2;/h3*1-3H3;1H,2H2;. The van der Waals surface area contributed by atoms with Crippen LogP contribution in [0.2, 0.25) is 14.7 Å². The van der Waals surface area contributed by atoms with E-state index in [4.69, 9.17) is 6.42 Å². The Balaban J connectivity index is 5.95. The molecule has 0 aliphatic heterocycles. The van der Waals surface area contributed by atoms with E-state index in [1.54, 1.807) is 0 Å². The third kappa shape index (κ3) is 2.61. The van der Waals surface area contributed by atoms with Gasteiger partial charge in [0.15, 0.2) is 0 Å². The van der Waals surface area contributed by atoms with Gasteiger partial charge in [0, 0.05) is 0 Å². The van der Waals surface area contributed by atoms with Gasteiger partial charge in [0.05, 0.1) is 0 Å². The van der Waals surface area contributed by atoms with E-state index < -0.39 is 18.4 Å². The Kier molecular flexibility index (Phi) is 4.66. The number of terminal acetylenes is 1. The monoisotopic (exact) mass is 330 g/mol. The topological polar surface area (TPSA) is 0 Å². The van der Waals surface area contributed by atoms with Gasteiger partial charge >= 0.3 is 108 Å². The first-order valence-corrected chi connectivity index (χ1v) is 12.5. The second-order valence-electron chi connectivity index (χ2n) is 8.04. The van der Waals surface area contributed by atoms with Crippen LogP contribution in [0.25, 0.3) is 0 Å². The molecule has 0 aromatic heterocycles. The molecule has 0 saturated heterocycles. The molecule has 0 bridgehead atoms. The molecule has 0 aromatic carbocycles. The Hall–Kier alpha value is 0.359. The zero-order valence-corrected chi connectivity index (χ0v) is 15.6. The molecular formula is C15H30Sn. The molecule has 0 rings (SSSR count). The van der Waals surface area contributed by atoms with Crippen LogP contribution in [0.15, 0.2) is 0 Å². The van der Waals surface area contributed by atoms with Crippen molar-refractivity contribution < 1.29 is 0 Å². The van der Waals surface area contributed by atoms with E-state index >= 15 is 0 Å². The number of hydrogen-bond donors (Lipinski definition) is 0. The van der Waals surface area contributed by atoms with Crippen molar-refractivity contribution >= 4 is 18.4 Å². The summed E-state index contributed by atoms with van der Waals surface area (Å²) >= 11 is -2.54. The van der Waals surface area contributed by atoms with Gasteiger partial charge in [0.2, 0.25) is 0 Å². The minimum atomic E-state index is -2.54. The van der Waals surface area contributed by atoms with Crippen molar-refractivity contribution in [2.24, 2.45) is 0 Å². The summed E-state index contributed by atoms with van der Waals surface area (Å²) in [5.41, 5.74) is 0. The molecule has 1 heteroatoms. The fraction of sp³-hybridized carbons (Fsp3) is 0.867. The molecule has 0 heterocycles. The van der Waals surface area contributed by atoms with Crippen LogP contribution in [0.4, 0.5) is 0 Å². The summed E-state index contributed by atoms with van der Waals surface area (Å²) in [7, 11) is 0. The molecule has 0 aliphatic carbocycles. The summed E-state index contributed by atoms with van der Waals surface area (Å²) in [6.45, 7) is 21.7. The van der Waals surface area contributed by atoms with Crippen molar-refractivity contribution in [1.29, 1.82) is 0 Å². The SMILES string of the molecule is C#C[CH2][Sn]([C](C)(C)C)([C](C)(C)C)[C](C)(C)C. The molecule has 0 radical (unpaired) electrons. The van der Waals surface area contributed by atoms with Gasteiger partial charge in [-0.2, -0.15) is 0 Å². The average Bonchev–Trinajstić information content (AvgIpc) is 1.91. The molecule has 0 N–H and O–H groups in total. The maximum absolute atomic E-state index is 5.71. The van der Waals surface area contributed by atoms with Crippen LogP contribution < -0.4 is 0 Å². The third-order valence-electron chi connectivity index (χ3n) is 4.21. The van der Waals surface area contributed by atoms with E-state index in [1.807, 2.05) is 0 Å². The van der Waals surface area contributed by atoms with E-state index in [9.17, 15) is 0 Å². The van der Waals surface area contributed by atoms with Crippen molar-refractivity contribution in [2.75, 3.05) is 0 Å². The van der Waals surface area contributed by atoms with Gasteiger partial charge in [-0.1, -0.05) is 0 Å². The fourth-order valence-electron chi connectivity index (χ4n) is 4.32. The van der Waals surface area contributed by atoms with Crippen molar-refractivity contribution in [2.45, 2.75) is 77.0 Å². The summed E-state index contributed by atoms with van der Waals surface area (Å²) in [6.07, 6.45) is 5.71. The van der Waals surface area contributed by atoms with Gasteiger partial charge in [0.25, 0.3) is 0 Å². The summed E-state index contributed by atoms with van der Waals surface area (Å²) in [6, 6.07) is 0. The normalized spacial score (nSPS) is 14.8. The quantitative estimate of drug-likeness (QED) is 0.442. The van der Waals surface area contributed by atoms with Crippen molar-refractivity contribution in [3.8, 4) is 12.3 Å². The second-order valence-corrected chi connectivity index (χ2v) is 27.1. The number of hydrogen-bond acceptors (Lipinski definition) is 0. The zero-order valence-electron chi connectivity index (χ0n) is 12.8. The Morgan fingerprint density at radius 2 is 1.00 bits per heavy atom. The van der Waals surface area contributed by atoms with E-state index in [0.29, 0.717) is 10.3 Å². The van der Waals surface area contributed by atoms with Crippen molar-refractivity contribution in [3.63, 3.8) is 0 Å². The van der Waals surface area contributed by atoms with Crippen molar-refractivity contribution in [1.82, 2.24) is 0 Å². The molecular weight excluding hydrogens is 299 g/mol. The zero-order chi connectivity index (χ0) is 13.4. The Labute approximate surface area is 107 Å². The van der Waals surface area contributed by atoms with Crippen LogP contribution in [0.1, 0.15) is 62.3 Å². The molecule has 0 atom stereocenters. The third-order valence-corrected chi connectivity index (χ3v) is 28.2. The Morgan fingerprint density at radius 1 is 0.750 bits per heavy atom. The van der Waals surface area contributed by atoms with Crippen LogP contribution in [-0.2, 0) is 0 Å². The van der Waals surface area contributed by atoms with Crippen LogP contribution >= 0.6 is 0 Å². The van der Waals surface area contributed by atoms with Gasteiger partial charge < -0.3 is 0 Å². The molecule has 0 fully saturated rings. The molecule has 94 valence electrons. The molecule has 0 unspecified atom stereocenters. The van der Waals surface area contributed by atoms with E-state index in [1.165, 1.54) is 0 Å². The van der Waals surface area contributed by atoms with Gasteiger partial charge in [-0.25, -0.2) is 0 Å². The fourth-order valence-corrected chi connectivity index (χ4v) is 29.0. The van der Waals surface area contributed by atoms with Crippen molar-refractivity contribution in [3.05, 3.63) is 0 Å². The Bertz CT molecular complexity index is 236. The van der Waals surface area contributed by atoms with E-state index in [-0.39, 0.29) is 0 Å². The summed E-state index contributed by atoms with van der Waals surface area (Å²) < 4.78 is 2.25. The predicted octanol–water partition coefficient (Wildman–Crippen LogP) is 5.47. The average molecular weight is 329 g/mol. The molecule has 0 aromatic rings. The van der Waals surface area contributed by atoms with Crippen LogP contribution in [0.5, 0.6) is 0 Å².